The average Bonchev–Trinajstić information content (AvgIpc) is 3.05. The van der Waals surface area contributed by atoms with Crippen LogP contribution in [0.5, 0.6) is 0 Å². The van der Waals surface area contributed by atoms with E-state index < -0.39 is 21.1 Å². The number of benzene rings is 1. The number of aliphatic hydroxyl groups is 1. The van der Waals surface area contributed by atoms with Crippen LogP contribution in [0.15, 0.2) is 39.4 Å². The second-order valence-electron chi connectivity index (χ2n) is 7.14. The van der Waals surface area contributed by atoms with Gasteiger partial charge in [-0.1, -0.05) is 34.4 Å². The van der Waals surface area contributed by atoms with E-state index in [-0.39, 0.29) is 24.9 Å². The Balaban J connectivity index is 1.71. The summed E-state index contributed by atoms with van der Waals surface area (Å²) in [6.45, 7) is 2.43. The van der Waals surface area contributed by atoms with Gasteiger partial charge in [0.05, 0.1) is 5.71 Å². The number of hydrazone groups is 1. The SMILES string of the molecule is Cc1ccc(C2=NN(CCCCC(O)([PH+]=O)P(=O)(O)O)C3N=CN=C(N)C23)cc1. The number of hydrogen-bond acceptors (Lipinski definition) is 8. The van der Waals surface area contributed by atoms with Crippen LogP contribution in [0.2, 0.25) is 0 Å². The van der Waals surface area contributed by atoms with E-state index in [1.54, 1.807) is 5.01 Å². The van der Waals surface area contributed by atoms with Gasteiger partial charge in [0, 0.05) is 13.0 Å². The largest absolute Gasteiger partial charge is 0.407 e. The molecule has 156 valence electrons. The number of unbranched alkanes of at least 4 members (excludes halogenated alkanes) is 1. The molecular weight excluding hydrogens is 416 g/mol. The van der Waals surface area contributed by atoms with Crippen LogP contribution in [0.4, 0.5) is 0 Å². The molecule has 29 heavy (non-hydrogen) atoms. The van der Waals surface area contributed by atoms with Crippen molar-refractivity contribution in [1.82, 2.24) is 5.01 Å². The molecule has 12 heteroatoms. The van der Waals surface area contributed by atoms with Gasteiger partial charge < -0.3 is 20.6 Å². The fraction of sp³-hybridized carbons (Fsp3) is 0.471. The quantitative estimate of drug-likeness (QED) is 0.351. The predicted molar refractivity (Wildman–Crippen MR) is 112 cm³/mol. The standard InChI is InChI=1S/C17H23N5O5P2/c1-11-4-6-12(7-5-11)14-13-15(18)19-10-20-16(13)22(21-14)9-3-2-8-17(23,28-24)29(25,26)27/h4-7,10,13,16,23H,2-3,8-9H2,1H3,(H2,18,19,20)(H2,25,26,27)/p+1. The third kappa shape index (κ3) is 4.47. The van der Waals surface area contributed by atoms with Crippen LogP contribution in [-0.2, 0) is 9.13 Å². The summed E-state index contributed by atoms with van der Waals surface area (Å²) in [6.07, 6.45) is 1.51. The third-order valence-corrected chi connectivity index (χ3v) is 7.95. The van der Waals surface area contributed by atoms with E-state index in [4.69, 9.17) is 5.73 Å². The van der Waals surface area contributed by atoms with Gasteiger partial charge in [-0.2, -0.15) is 5.10 Å². The highest BCUT2D eigenvalue weighted by Gasteiger charge is 2.53. The predicted octanol–water partition coefficient (Wildman–Crippen LogP) is 1.37. The Morgan fingerprint density at radius 3 is 2.59 bits per heavy atom. The van der Waals surface area contributed by atoms with Crippen molar-refractivity contribution >= 4 is 33.9 Å². The fourth-order valence-corrected chi connectivity index (χ4v) is 4.53. The van der Waals surface area contributed by atoms with E-state index in [9.17, 15) is 24.0 Å². The molecular formula is C17H24N5O5P2+. The first-order valence-corrected chi connectivity index (χ1v) is 11.6. The first kappa shape index (κ1) is 21.7. The Morgan fingerprint density at radius 1 is 1.28 bits per heavy atom. The molecule has 0 spiro atoms. The molecule has 0 saturated carbocycles. The van der Waals surface area contributed by atoms with Crippen molar-refractivity contribution in [1.29, 1.82) is 0 Å². The van der Waals surface area contributed by atoms with Crippen LogP contribution in [-0.4, -0.2) is 55.6 Å². The molecule has 10 nitrogen and oxygen atoms in total. The molecule has 2 heterocycles. The summed E-state index contributed by atoms with van der Waals surface area (Å²) in [6, 6.07) is 7.91. The van der Waals surface area contributed by atoms with Gasteiger partial charge >= 0.3 is 21.1 Å². The van der Waals surface area contributed by atoms with E-state index in [1.165, 1.54) is 6.34 Å². The molecule has 0 bridgehead atoms. The number of aryl methyl sites for hydroxylation is 1. The highest BCUT2D eigenvalue weighted by Crippen LogP contribution is 2.57. The lowest BCUT2D eigenvalue weighted by molar-refractivity contribution is 0.151. The van der Waals surface area contributed by atoms with Crippen LogP contribution in [0.1, 0.15) is 30.4 Å². The molecule has 0 fully saturated rings. The molecule has 5 N–H and O–H groups in total. The van der Waals surface area contributed by atoms with E-state index in [0.29, 0.717) is 18.8 Å². The number of nitrogens with two attached hydrogens (primary N) is 1. The van der Waals surface area contributed by atoms with Crippen molar-refractivity contribution in [3.63, 3.8) is 0 Å². The molecule has 0 radical (unpaired) electrons. The number of amidine groups is 1. The fourth-order valence-electron chi connectivity index (χ4n) is 3.32. The zero-order chi connectivity index (χ0) is 21.2. The van der Waals surface area contributed by atoms with Crippen LogP contribution < -0.4 is 5.73 Å². The molecule has 0 aromatic heterocycles. The van der Waals surface area contributed by atoms with Crippen LogP contribution in [0, 0.1) is 12.8 Å². The van der Waals surface area contributed by atoms with Crippen molar-refractivity contribution in [3.8, 4) is 0 Å². The van der Waals surface area contributed by atoms with Crippen molar-refractivity contribution in [2.45, 2.75) is 37.4 Å². The average molecular weight is 440 g/mol. The minimum Gasteiger partial charge on any atom is -0.386 e. The summed E-state index contributed by atoms with van der Waals surface area (Å²) in [5, 5.41) is 13.9. The lowest BCUT2D eigenvalue weighted by Gasteiger charge is -2.26. The van der Waals surface area contributed by atoms with Crippen LogP contribution >= 0.6 is 16.1 Å². The normalized spacial score (nSPS) is 23.5. The molecule has 1 aromatic rings. The summed E-state index contributed by atoms with van der Waals surface area (Å²) in [5.74, 6) is 0.146. The maximum Gasteiger partial charge on any atom is 0.407 e. The number of fused-ring (bicyclic) bond motifs is 1. The Hall–Kier alpha value is -1.96. The van der Waals surface area contributed by atoms with Gasteiger partial charge in [-0.25, -0.2) is 9.98 Å². The topological polar surface area (TPSA) is 161 Å². The highest BCUT2D eigenvalue weighted by molar-refractivity contribution is 7.63. The molecule has 3 rings (SSSR count). The van der Waals surface area contributed by atoms with Gasteiger partial charge in [-0.05, 0) is 25.3 Å². The summed E-state index contributed by atoms with van der Waals surface area (Å²) in [7, 11) is -6.39. The Bertz CT molecular complexity index is 913. The van der Waals surface area contributed by atoms with Crippen LogP contribution in [0.25, 0.3) is 0 Å². The third-order valence-electron chi connectivity index (χ3n) is 5.03. The molecule has 0 aliphatic carbocycles. The first-order valence-electron chi connectivity index (χ1n) is 9.10. The van der Waals surface area contributed by atoms with E-state index in [0.717, 1.165) is 16.8 Å². The zero-order valence-electron chi connectivity index (χ0n) is 15.8. The number of hydrogen-bond donors (Lipinski definition) is 4. The summed E-state index contributed by atoms with van der Waals surface area (Å²) >= 11 is 0. The van der Waals surface area contributed by atoms with Crippen molar-refractivity contribution < 1.29 is 24.0 Å². The Kier molecular flexibility index (Phi) is 6.31. The molecule has 0 amide bonds. The maximum absolute atomic E-state index is 11.4. The van der Waals surface area contributed by atoms with E-state index in [2.05, 4.69) is 15.1 Å². The molecule has 4 unspecified atom stereocenters. The van der Waals surface area contributed by atoms with Gasteiger partial charge in [0.2, 0.25) is 0 Å². The molecule has 0 saturated heterocycles. The summed E-state index contributed by atoms with van der Waals surface area (Å²) in [4.78, 5) is 26.9. The summed E-state index contributed by atoms with van der Waals surface area (Å²) in [5.41, 5.74) is 8.93. The van der Waals surface area contributed by atoms with Gasteiger partial charge in [0.15, 0.2) is 6.17 Å². The number of nitrogens with zero attached hydrogens (tertiary/aromatic N) is 4. The van der Waals surface area contributed by atoms with Crippen LogP contribution in [0.3, 0.4) is 0 Å². The minimum atomic E-state index is -4.88. The maximum atomic E-state index is 11.4. The number of rotatable bonds is 8. The van der Waals surface area contributed by atoms with Crippen molar-refractivity contribution in [2.75, 3.05) is 6.54 Å². The van der Waals surface area contributed by atoms with Gasteiger partial charge in [-0.3, -0.25) is 9.57 Å². The summed E-state index contributed by atoms with van der Waals surface area (Å²) < 4.78 is 22.5. The van der Waals surface area contributed by atoms with E-state index >= 15 is 0 Å². The Labute approximate surface area is 169 Å². The monoisotopic (exact) mass is 440 g/mol. The molecule has 2 aliphatic heterocycles. The molecule has 4 atom stereocenters. The number of aliphatic imine (C=N–C) groups is 2. The Morgan fingerprint density at radius 2 is 1.97 bits per heavy atom. The van der Waals surface area contributed by atoms with Gasteiger partial charge in [0.25, 0.3) is 0 Å². The highest BCUT2D eigenvalue weighted by atomic mass is 31.2. The lowest BCUT2D eigenvalue weighted by Crippen LogP contribution is -2.42. The van der Waals surface area contributed by atoms with Gasteiger partial charge in [0.1, 0.15) is 18.1 Å². The zero-order valence-corrected chi connectivity index (χ0v) is 17.7. The van der Waals surface area contributed by atoms with E-state index in [1.807, 2.05) is 31.2 Å². The lowest BCUT2D eigenvalue weighted by atomic mass is 9.93. The smallest absolute Gasteiger partial charge is 0.386 e. The van der Waals surface area contributed by atoms with Crippen molar-refractivity contribution in [2.24, 2.45) is 26.7 Å². The minimum absolute atomic E-state index is 0.257. The van der Waals surface area contributed by atoms with Gasteiger partial charge in [-0.15, -0.1) is 0 Å². The van der Waals surface area contributed by atoms with Crippen molar-refractivity contribution in [3.05, 3.63) is 35.4 Å². The second kappa shape index (κ2) is 8.42. The first-order chi connectivity index (χ1) is 13.7. The molecule has 2 aliphatic rings. The molecule has 1 aromatic carbocycles. The second-order valence-corrected chi connectivity index (χ2v) is 10.4.